The molecule has 0 radical (unpaired) electrons. The molecular formula is C19H14F3N3O4. The number of rotatable bonds is 5. The Bertz CT molecular complexity index is 1120. The summed E-state index contributed by atoms with van der Waals surface area (Å²) < 4.78 is 44.7. The Hall–Kier alpha value is -3.69. The summed E-state index contributed by atoms with van der Waals surface area (Å²) in [6, 6.07) is 8.40. The van der Waals surface area contributed by atoms with Gasteiger partial charge in [-0.2, -0.15) is 18.3 Å². The molecule has 0 amide bonds. The average molecular weight is 405 g/mol. The van der Waals surface area contributed by atoms with Crippen LogP contribution in [0.5, 0.6) is 0 Å². The molecule has 0 unspecified atom stereocenters. The molecule has 0 saturated carbocycles. The number of Topliss-reactive ketones (excluding diaryl/α,β-unsaturated/α-hetero) is 1. The van der Waals surface area contributed by atoms with E-state index >= 15 is 0 Å². The second-order valence-electron chi connectivity index (χ2n) is 6.04. The van der Waals surface area contributed by atoms with E-state index in [1.807, 2.05) is 0 Å². The zero-order chi connectivity index (χ0) is 21.2. The highest BCUT2D eigenvalue weighted by molar-refractivity contribution is 5.97. The van der Waals surface area contributed by atoms with Crippen molar-refractivity contribution < 1.29 is 27.5 Å². The molecule has 0 saturated heterocycles. The number of carbonyl (C=O) groups excluding carboxylic acids is 2. The van der Waals surface area contributed by atoms with Crippen LogP contribution in [0.2, 0.25) is 0 Å². The smallest absolute Gasteiger partial charge is 0.416 e. The van der Waals surface area contributed by atoms with E-state index in [2.05, 4.69) is 10.1 Å². The Kier molecular flexibility index (Phi) is 5.35. The van der Waals surface area contributed by atoms with Crippen LogP contribution in [0.3, 0.4) is 0 Å². The predicted octanol–water partition coefficient (Wildman–Crippen LogP) is 2.93. The van der Waals surface area contributed by atoms with E-state index < -0.39 is 41.2 Å². The molecule has 0 spiro atoms. The molecule has 10 heteroatoms. The Morgan fingerprint density at radius 1 is 1.17 bits per heavy atom. The molecule has 29 heavy (non-hydrogen) atoms. The third-order valence-corrected chi connectivity index (χ3v) is 3.95. The minimum absolute atomic E-state index is 0.00818. The number of alkyl halides is 3. The number of hydrogen-bond acceptors (Lipinski definition) is 5. The quantitative estimate of drug-likeness (QED) is 0.520. The number of hydrogen-bond donors (Lipinski definition) is 1. The average Bonchev–Trinajstić information content (AvgIpc) is 3.20. The summed E-state index contributed by atoms with van der Waals surface area (Å²) in [6.07, 6.45) is -3.05. The Morgan fingerprint density at radius 3 is 2.59 bits per heavy atom. The molecule has 0 bridgehead atoms. The van der Waals surface area contributed by atoms with E-state index in [1.165, 1.54) is 31.3 Å². The van der Waals surface area contributed by atoms with Crippen LogP contribution in [-0.2, 0) is 10.9 Å². The second kappa shape index (κ2) is 7.74. The van der Waals surface area contributed by atoms with Crippen LogP contribution >= 0.6 is 0 Å². The first-order valence-electron chi connectivity index (χ1n) is 8.29. The Morgan fingerprint density at radius 2 is 1.93 bits per heavy atom. The van der Waals surface area contributed by atoms with Crippen LogP contribution in [0, 0.1) is 6.92 Å². The number of halogens is 3. The molecule has 150 valence electrons. The van der Waals surface area contributed by atoms with Crippen molar-refractivity contribution in [2.45, 2.75) is 13.1 Å². The first kappa shape index (κ1) is 20.1. The van der Waals surface area contributed by atoms with Gasteiger partial charge in [-0.15, -0.1) is 0 Å². The maximum Gasteiger partial charge on any atom is 0.416 e. The van der Waals surface area contributed by atoms with Crippen molar-refractivity contribution in [3.8, 4) is 5.69 Å². The van der Waals surface area contributed by atoms with E-state index in [9.17, 15) is 27.6 Å². The standard InChI is InChI=1S/C19H14F3N3O4/c1-11-8-15(26)17(18(28)29-10-16(27)14-6-3-7-23-14)24-25(11)13-5-2-4-12(9-13)19(20,21)22/h2-9,23H,10H2,1H3. The largest absolute Gasteiger partial charge is 0.452 e. The summed E-state index contributed by atoms with van der Waals surface area (Å²) in [5.41, 5.74) is -1.89. The Labute approximate surface area is 161 Å². The van der Waals surface area contributed by atoms with Crippen molar-refractivity contribution in [2.75, 3.05) is 6.61 Å². The number of aromatic amines is 1. The second-order valence-corrected chi connectivity index (χ2v) is 6.04. The van der Waals surface area contributed by atoms with Crippen molar-refractivity contribution in [1.82, 2.24) is 14.8 Å². The number of esters is 1. The van der Waals surface area contributed by atoms with Crippen LogP contribution < -0.4 is 5.43 Å². The number of H-pyrrole nitrogens is 1. The van der Waals surface area contributed by atoms with Crippen molar-refractivity contribution in [3.05, 3.63) is 81.5 Å². The van der Waals surface area contributed by atoms with E-state index in [-0.39, 0.29) is 17.1 Å². The number of aryl methyl sites for hydroxylation is 1. The summed E-state index contributed by atoms with van der Waals surface area (Å²) in [4.78, 5) is 38.9. The first-order valence-corrected chi connectivity index (χ1v) is 8.29. The highest BCUT2D eigenvalue weighted by atomic mass is 19.4. The van der Waals surface area contributed by atoms with Gasteiger partial charge in [-0.3, -0.25) is 9.59 Å². The Balaban J connectivity index is 1.89. The summed E-state index contributed by atoms with van der Waals surface area (Å²) >= 11 is 0. The van der Waals surface area contributed by atoms with Crippen molar-refractivity contribution in [3.63, 3.8) is 0 Å². The van der Waals surface area contributed by atoms with Gasteiger partial charge in [0.15, 0.2) is 6.61 Å². The molecule has 1 aromatic carbocycles. The number of nitrogens with zero attached hydrogens (tertiary/aromatic N) is 2. The molecule has 0 atom stereocenters. The van der Waals surface area contributed by atoms with Gasteiger partial charge in [0.2, 0.25) is 16.9 Å². The summed E-state index contributed by atoms with van der Waals surface area (Å²) in [6.45, 7) is 0.830. The predicted molar refractivity (Wildman–Crippen MR) is 95.0 cm³/mol. The highest BCUT2D eigenvalue weighted by Crippen LogP contribution is 2.30. The number of nitrogens with one attached hydrogen (secondary N) is 1. The topological polar surface area (TPSA) is 94.1 Å². The fourth-order valence-corrected chi connectivity index (χ4v) is 2.55. The number of ether oxygens (including phenoxy) is 1. The maximum absolute atomic E-state index is 13.0. The minimum atomic E-state index is -4.57. The fourth-order valence-electron chi connectivity index (χ4n) is 2.55. The van der Waals surface area contributed by atoms with Crippen molar-refractivity contribution in [2.24, 2.45) is 0 Å². The molecule has 2 heterocycles. The summed E-state index contributed by atoms with van der Waals surface area (Å²) in [5.74, 6) is -1.68. The molecule has 0 aliphatic carbocycles. The summed E-state index contributed by atoms with van der Waals surface area (Å²) in [7, 11) is 0. The molecule has 0 fully saturated rings. The van der Waals surface area contributed by atoms with Crippen molar-refractivity contribution in [1.29, 1.82) is 0 Å². The van der Waals surface area contributed by atoms with Gasteiger partial charge in [0.1, 0.15) is 0 Å². The molecule has 1 N–H and O–H groups in total. The molecule has 0 aliphatic rings. The molecular weight excluding hydrogens is 391 g/mol. The summed E-state index contributed by atoms with van der Waals surface area (Å²) in [5, 5.41) is 3.85. The van der Waals surface area contributed by atoms with Gasteiger partial charge in [0.05, 0.1) is 16.9 Å². The molecule has 0 aliphatic heterocycles. The van der Waals surface area contributed by atoms with Crippen LogP contribution in [-0.4, -0.2) is 33.1 Å². The number of aromatic nitrogens is 3. The lowest BCUT2D eigenvalue weighted by molar-refractivity contribution is -0.137. The maximum atomic E-state index is 13.0. The van der Waals surface area contributed by atoms with Gasteiger partial charge in [-0.25, -0.2) is 9.48 Å². The number of benzene rings is 1. The van der Waals surface area contributed by atoms with E-state index in [1.54, 1.807) is 6.07 Å². The normalized spacial score (nSPS) is 11.3. The van der Waals surface area contributed by atoms with Gasteiger partial charge in [-0.1, -0.05) is 6.07 Å². The van der Waals surface area contributed by atoms with Gasteiger partial charge in [0.25, 0.3) is 0 Å². The van der Waals surface area contributed by atoms with E-state index in [4.69, 9.17) is 4.74 Å². The van der Waals surface area contributed by atoms with Crippen LogP contribution in [0.4, 0.5) is 13.2 Å². The highest BCUT2D eigenvalue weighted by Gasteiger charge is 2.30. The van der Waals surface area contributed by atoms with Gasteiger partial charge < -0.3 is 9.72 Å². The number of carbonyl (C=O) groups is 2. The number of ketones is 1. The van der Waals surface area contributed by atoms with E-state index in [0.717, 1.165) is 22.9 Å². The zero-order valence-electron chi connectivity index (χ0n) is 15.0. The lowest BCUT2D eigenvalue weighted by Crippen LogP contribution is -2.26. The zero-order valence-corrected chi connectivity index (χ0v) is 15.0. The lowest BCUT2D eigenvalue weighted by atomic mass is 10.2. The van der Waals surface area contributed by atoms with Crippen LogP contribution in [0.1, 0.15) is 32.2 Å². The van der Waals surface area contributed by atoms with Crippen LogP contribution in [0.25, 0.3) is 5.69 Å². The lowest BCUT2D eigenvalue weighted by Gasteiger charge is -2.13. The SMILES string of the molecule is Cc1cc(=O)c(C(=O)OCC(=O)c2ccc[nH]2)nn1-c1cccc(C(F)(F)F)c1. The van der Waals surface area contributed by atoms with E-state index in [0.29, 0.717) is 0 Å². The molecule has 7 nitrogen and oxygen atoms in total. The van der Waals surface area contributed by atoms with Crippen LogP contribution in [0.15, 0.2) is 53.5 Å². The van der Waals surface area contributed by atoms with Gasteiger partial charge in [0, 0.05) is 18.0 Å². The first-order chi connectivity index (χ1) is 13.7. The van der Waals surface area contributed by atoms with Gasteiger partial charge in [-0.05, 0) is 37.3 Å². The van der Waals surface area contributed by atoms with Crippen molar-refractivity contribution >= 4 is 11.8 Å². The molecule has 3 aromatic rings. The molecule has 2 aromatic heterocycles. The fraction of sp³-hybridized carbons (Fsp3) is 0.158. The molecule has 3 rings (SSSR count). The van der Waals surface area contributed by atoms with Gasteiger partial charge >= 0.3 is 12.1 Å². The third-order valence-electron chi connectivity index (χ3n) is 3.95. The minimum Gasteiger partial charge on any atom is -0.452 e. The monoisotopic (exact) mass is 405 g/mol. The third kappa shape index (κ3) is 4.42.